The highest BCUT2D eigenvalue weighted by atomic mass is 32.1. The average Bonchev–Trinajstić information content (AvgIpc) is 3.35. The molecule has 2 atom stereocenters. The molecule has 11 heteroatoms. The summed E-state index contributed by atoms with van der Waals surface area (Å²) in [4.78, 5) is 24.0. The number of benzene rings is 1. The van der Waals surface area contributed by atoms with Crippen LogP contribution >= 0.6 is 11.3 Å². The summed E-state index contributed by atoms with van der Waals surface area (Å²) in [6, 6.07) is 6.22. The highest BCUT2D eigenvalue weighted by Crippen LogP contribution is 2.42. The number of halogens is 1. The molecule has 0 aliphatic carbocycles. The summed E-state index contributed by atoms with van der Waals surface area (Å²) >= 11 is 1.45. The average molecular weight is 415 g/mol. The van der Waals surface area contributed by atoms with Gasteiger partial charge in [-0.2, -0.15) is 4.98 Å². The van der Waals surface area contributed by atoms with E-state index in [1.165, 1.54) is 23.5 Å². The number of rotatable bonds is 3. The number of carbonyl (C=O) groups excluding carboxylic acids is 1. The second kappa shape index (κ2) is 7.08. The first-order valence-electron chi connectivity index (χ1n) is 9.19. The molecule has 2 aliphatic heterocycles. The van der Waals surface area contributed by atoms with Crippen LogP contribution in [0.1, 0.15) is 16.6 Å². The predicted molar refractivity (Wildman–Crippen MR) is 105 cm³/mol. The molecule has 4 heterocycles. The summed E-state index contributed by atoms with van der Waals surface area (Å²) in [5.74, 6) is 0.108. The molecule has 9 nitrogen and oxygen atoms in total. The quantitative estimate of drug-likeness (QED) is 0.602. The Morgan fingerprint density at radius 3 is 2.93 bits per heavy atom. The van der Waals surface area contributed by atoms with Crippen molar-refractivity contribution in [2.75, 3.05) is 30.4 Å². The minimum Gasteiger partial charge on any atom is -0.341 e. The van der Waals surface area contributed by atoms with Crippen LogP contribution in [0.25, 0.3) is 11.4 Å². The monoisotopic (exact) mass is 415 g/mol. The Hall–Kier alpha value is -3.05. The van der Waals surface area contributed by atoms with Crippen molar-refractivity contribution < 1.29 is 13.7 Å². The van der Waals surface area contributed by atoms with Crippen LogP contribution in [0.5, 0.6) is 0 Å². The standard InChI is InChI=1S/C18H18FN7O2S/c1-20-16(27)24-17-22-12-6-11-7-21-8-13(14(12)29-17)26(11)18-23-15(25-28-18)9-2-4-10(19)5-3-9/h2-5,11,13,21H,6-8H2,1H3,(H2,20,22,24,27). The molecule has 1 fully saturated rings. The van der Waals surface area contributed by atoms with Crippen molar-refractivity contribution in [1.82, 2.24) is 25.8 Å². The lowest BCUT2D eigenvalue weighted by atomic mass is 9.95. The molecule has 2 bridgehead atoms. The molecule has 150 valence electrons. The second-order valence-corrected chi connectivity index (χ2v) is 7.91. The van der Waals surface area contributed by atoms with Crippen LogP contribution in [0.2, 0.25) is 0 Å². The smallest absolute Gasteiger partial charge is 0.325 e. The van der Waals surface area contributed by atoms with E-state index in [9.17, 15) is 9.18 Å². The van der Waals surface area contributed by atoms with E-state index in [-0.39, 0.29) is 23.9 Å². The Morgan fingerprint density at radius 1 is 1.31 bits per heavy atom. The highest BCUT2D eigenvalue weighted by Gasteiger charge is 2.42. The molecule has 2 amide bonds. The van der Waals surface area contributed by atoms with E-state index in [4.69, 9.17) is 4.52 Å². The Balaban J connectivity index is 1.46. The Kier molecular flexibility index (Phi) is 4.40. The van der Waals surface area contributed by atoms with Gasteiger partial charge in [-0.3, -0.25) is 5.32 Å². The number of hydrogen-bond acceptors (Lipinski definition) is 8. The van der Waals surface area contributed by atoms with Crippen molar-refractivity contribution >= 4 is 28.5 Å². The Morgan fingerprint density at radius 2 is 2.14 bits per heavy atom. The number of nitrogens with zero attached hydrogens (tertiary/aromatic N) is 4. The molecule has 0 saturated carbocycles. The fourth-order valence-electron chi connectivity index (χ4n) is 3.76. The van der Waals surface area contributed by atoms with Crippen LogP contribution in [-0.4, -0.2) is 47.3 Å². The molecular weight excluding hydrogens is 397 g/mol. The summed E-state index contributed by atoms with van der Waals surface area (Å²) in [5, 5.41) is 13.4. The van der Waals surface area contributed by atoms with Gasteiger partial charge >= 0.3 is 12.0 Å². The molecule has 0 radical (unpaired) electrons. The number of aromatic nitrogens is 3. The zero-order chi connectivity index (χ0) is 20.0. The molecule has 1 aromatic carbocycles. The summed E-state index contributed by atoms with van der Waals surface area (Å²) < 4.78 is 18.8. The number of carbonyl (C=O) groups is 1. The molecular formula is C18H18FN7O2S. The van der Waals surface area contributed by atoms with Gasteiger partial charge in [0.15, 0.2) is 5.13 Å². The third-order valence-corrected chi connectivity index (χ3v) is 6.21. The summed E-state index contributed by atoms with van der Waals surface area (Å²) in [6.45, 7) is 1.47. The predicted octanol–water partition coefficient (Wildman–Crippen LogP) is 2.16. The van der Waals surface area contributed by atoms with Crippen molar-refractivity contribution in [2.45, 2.75) is 18.5 Å². The molecule has 2 aromatic heterocycles. The van der Waals surface area contributed by atoms with Crippen LogP contribution in [-0.2, 0) is 6.42 Å². The van der Waals surface area contributed by atoms with Gasteiger partial charge in [0, 0.05) is 32.1 Å². The highest BCUT2D eigenvalue weighted by molar-refractivity contribution is 7.16. The number of anilines is 2. The number of piperazine rings is 1. The van der Waals surface area contributed by atoms with Crippen LogP contribution < -0.4 is 20.9 Å². The van der Waals surface area contributed by atoms with Gasteiger partial charge in [0.2, 0.25) is 5.82 Å². The van der Waals surface area contributed by atoms with Crippen LogP contribution in [0, 0.1) is 5.82 Å². The van der Waals surface area contributed by atoms with Gasteiger partial charge in [-0.25, -0.2) is 14.2 Å². The van der Waals surface area contributed by atoms with E-state index in [1.54, 1.807) is 19.2 Å². The number of thiazole rings is 1. The minimum atomic E-state index is -0.312. The lowest BCUT2D eigenvalue weighted by Crippen LogP contribution is -2.56. The maximum absolute atomic E-state index is 13.2. The Bertz CT molecular complexity index is 1050. The zero-order valence-corrected chi connectivity index (χ0v) is 16.3. The SMILES string of the molecule is CNC(=O)Nc1nc2c(s1)C1CNCC(C2)N1c1nc(-c2ccc(F)cc2)no1. The first-order valence-corrected chi connectivity index (χ1v) is 10.0. The van der Waals surface area contributed by atoms with Gasteiger partial charge < -0.3 is 20.1 Å². The number of nitrogens with one attached hydrogen (secondary N) is 3. The van der Waals surface area contributed by atoms with Crippen molar-refractivity contribution in [1.29, 1.82) is 0 Å². The normalized spacial score (nSPS) is 20.3. The van der Waals surface area contributed by atoms with Gasteiger partial charge in [0.1, 0.15) is 5.82 Å². The van der Waals surface area contributed by atoms with Crippen LogP contribution in [0.3, 0.4) is 0 Å². The van der Waals surface area contributed by atoms with Gasteiger partial charge in [0.25, 0.3) is 0 Å². The molecule has 29 heavy (non-hydrogen) atoms. The molecule has 5 rings (SSSR count). The minimum absolute atomic E-state index is 0.0169. The summed E-state index contributed by atoms with van der Waals surface area (Å²) in [7, 11) is 1.57. The van der Waals surface area contributed by atoms with E-state index in [0.717, 1.165) is 17.1 Å². The van der Waals surface area contributed by atoms with Gasteiger partial charge in [-0.15, -0.1) is 0 Å². The number of amides is 2. The maximum atomic E-state index is 13.2. The van der Waals surface area contributed by atoms with E-state index in [1.807, 2.05) is 0 Å². The molecule has 1 saturated heterocycles. The van der Waals surface area contributed by atoms with Crippen molar-refractivity contribution in [3.63, 3.8) is 0 Å². The van der Waals surface area contributed by atoms with Gasteiger partial charge in [0.05, 0.1) is 22.7 Å². The molecule has 2 aliphatic rings. The largest absolute Gasteiger partial charge is 0.341 e. The maximum Gasteiger partial charge on any atom is 0.325 e. The number of fused-ring (bicyclic) bond motifs is 4. The topological polar surface area (TPSA) is 108 Å². The lowest BCUT2D eigenvalue weighted by molar-refractivity contribution is 0.254. The second-order valence-electron chi connectivity index (χ2n) is 6.88. The fraction of sp³-hybridized carbons (Fsp3) is 0.333. The fourth-order valence-corrected chi connectivity index (χ4v) is 4.85. The zero-order valence-electron chi connectivity index (χ0n) is 15.5. The number of urea groups is 1. The van der Waals surface area contributed by atoms with Crippen molar-refractivity contribution in [3.8, 4) is 11.4 Å². The first-order chi connectivity index (χ1) is 14.1. The first kappa shape index (κ1) is 18.0. The molecule has 0 spiro atoms. The Labute approximate surface area is 169 Å². The number of hydrogen-bond donors (Lipinski definition) is 3. The van der Waals surface area contributed by atoms with Crippen molar-refractivity contribution in [3.05, 3.63) is 40.7 Å². The third kappa shape index (κ3) is 3.21. The van der Waals surface area contributed by atoms with E-state index in [2.05, 4.69) is 36.0 Å². The van der Waals surface area contributed by atoms with Crippen LogP contribution in [0.4, 0.5) is 20.3 Å². The molecule has 2 unspecified atom stereocenters. The third-order valence-electron chi connectivity index (χ3n) is 5.09. The van der Waals surface area contributed by atoms with Crippen LogP contribution in [0.15, 0.2) is 28.8 Å². The van der Waals surface area contributed by atoms with Gasteiger partial charge in [-0.05, 0) is 24.3 Å². The molecule has 3 N–H and O–H groups in total. The van der Waals surface area contributed by atoms with E-state index < -0.39 is 0 Å². The van der Waals surface area contributed by atoms with E-state index >= 15 is 0 Å². The van der Waals surface area contributed by atoms with Gasteiger partial charge in [-0.1, -0.05) is 16.5 Å². The summed E-state index contributed by atoms with van der Waals surface area (Å²) in [6.07, 6.45) is 0.707. The lowest BCUT2D eigenvalue weighted by Gasteiger charge is -2.44. The molecule has 3 aromatic rings. The van der Waals surface area contributed by atoms with E-state index in [0.29, 0.717) is 35.5 Å². The summed E-state index contributed by atoms with van der Waals surface area (Å²) in [5.41, 5.74) is 1.68. The van der Waals surface area contributed by atoms with Crippen molar-refractivity contribution in [2.24, 2.45) is 0 Å².